The topological polar surface area (TPSA) is 105 Å². The largest absolute Gasteiger partial charge is 0.497 e. The van der Waals surface area contributed by atoms with Gasteiger partial charge in [-0.15, -0.1) is 0 Å². The fourth-order valence-electron chi connectivity index (χ4n) is 5.36. The highest BCUT2D eigenvalue weighted by Crippen LogP contribution is 2.27. The Morgan fingerprint density at radius 2 is 1.64 bits per heavy atom. The fraction of sp³-hybridized carbons (Fsp3) is 0.412. The molecule has 1 saturated carbocycles. The summed E-state index contributed by atoms with van der Waals surface area (Å²) < 4.78 is 40.1. The standard InChI is InChI=1S/C34H43N3O6S/c1-5-43-30-18-20-32(21-19-30)44(40,41)37(29-16-14-25(2)15-17-29)24-33(38)36(23-27-10-9-13-31(22-27)42-4)26(3)34(39)35-28-11-7-6-8-12-28/h9-10,13-22,26,28H,5-8,11-12,23-24H2,1-4H3,(H,35,39)/t26-/m0/s1. The molecule has 10 heteroatoms. The highest BCUT2D eigenvalue weighted by atomic mass is 32.2. The molecule has 0 heterocycles. The average Bonchev–Trinajstić information content (AvgIpc) is 3.03. The van der Waals surface area contributed by atoms with Gasteiger partial charge in [-0.05, 0) is 87.7 Å². The van der Waals surface area contributed by atoms with Crippen LogP contribution < -0.4 is 19.1 Å². The average molecular weight is 622 g/mol. The van der Waals surface area contributed by atoms with E-state index in [4.69, 9.17) is 9.47 Å². The summed E-state index contributed by atoms with van der Waals surface area (Å²) in [7, 11) is -2.61. The maximum Gasteiger partial charge on any atom is 0.264 e. The number of nitrogens with one attached hydrogen (secondary N) is 1. The van der Waals surface area contributed by atoms with Crippen LogP contribution in [0.25, 0.3) is 0 Å². The number of sulfonamides is 1. The van der Waals surface area contributed by atoms with E-state index in [0.717, 1.165) is 47.5 Å². The van der Waals surface area contributed by atoms with Crippen LogP contribution in [0, 0.1) is 6.92 Å². The molecule has 0 bridgehead atoms. The molecule has 3 aromatic carbocycles. The lowest BCUT2D eigenvalue weighted by molar-refractivity contribution is -0.139. The number of carbonyl (C=O) groups is 2. The molecular weight excluding hydrogens is 578 g/mol. The summed E-state index contributed by atoms with van der Waals surface area (Å²) in [6.07, 6.45) is 5.08. The molecule has 1 aliphatic carbocycles. The second-order valence-electron chi connectivity index (χ2n) is 11.1. The van der Waals surface area contributed by atoms with Crippen LogP contribution in [-0.4, -0.2) is 57.5 Å². The summed E-state index contributed by atoms with van der Waals surface area (Å²) in [5, 5.41) is 3.12. The van der Waals surface area contributed by atoms with Crippen molar-refractivity contribution in [3.63, 3.8) is 0 Å². The predicted molar refractivity (Wildman–Crippen MR) is 171 cm³/mol. The molecular formula is C34H43N3O6S. The Morgan fingerprint density at radius 1 is 0.955 bits per heavy atom. The van der Waals surface area contributed by atoms with Crippen molar-refractivity contribution in [1.82, 2.24) is 10.2 Å². The smallest absolute Gasteiger partial charge is 0.264 e. The molecule has 0 aliphatic heterocycles. The number of rotatable bonds is 13. The number of anilines is 1. The minimum absolute atomic E-state index is 0.0248. The van der Waals surface area contributed by atoms with Gasteiger partial charge in [0, 0.05) is 12.6 Å². The normalized spacial score (nSPS) is 14.4. The first-order valence-electron chi connectivity index (χ1n) is 15.2. The van der Waals surface area contributed by atoms with Gasteiger partial charge in [-0.3, -0.25) is 13.9 Å². The number of benzene rings is 3. The number of hydrogen-bond acceptors (Lipinski definition) is 6. The van der Waals surface area contributed by atoms with Gasteiger partial charge in [0.15, 0.2) is 0 Å². The van der Waals surface area contributed by atoms with Crippen molar-refractivity contribution in [3.8, 4) is 11.5 Å². The van der Waals surface area contributed by atoms with Crippen LogP contribution in [0.5, 0.6) is 11.5 Å². The summed E-state index contributed by atoms with van der Waals surface area (Å²) in [5.74, 6) is 0.402. The van der Waals surface area contributed by atoms with Crippen LogP contribution in [0.3, 0.4) is 0 Å². The molecule has 0 spiro atoms. The van der Waals surface area contributed by atoms with E-state index >= 15 is 0 Å². The first-order chi connectivity index (χ1) is 21.1. The van der Waals surface area contributed by atoms with E-state index in [0.29, 0.717) is 23.8 Å². The van der Waals surface area contributed by atoms with Crippen LogP contribution in [0.1, 0.15) is 57.1 Å². The lowest BCUT2D eigenvalue weighted by Crippen LogP contribution is -2.53. The number of hydrogen-bond donors (Lipinski definition) is 1. The molecule has 2 amide bonds. The van der Waals surface area contributed by atoms with Crippen molar-refractivity contribution in [2.75, 3.05) is 24.6 Å². The lowest BCUT2D eigenvalue weighted by Gasteiger charge is -2.33. The molecule has 0 unspecified atom stereocenters. The van der Waals surface area contributed by atoms with Gasteiger partial charge in [0.1, 0.15) is 24.1 Å². The molecule has 9 nitrogen and oxygen atoms in total. The van der Waals surface area contributed by atoms with E-state index in [-0.39, 0.29) is 23.4 Å². The zero-order valence-electron chi connectivity index (χ0n) is 26.0. The molecule has 0 aromatic heterocycles. The van der Waals surface area contributed by atoms with Gasteiger partial charge in [0.2, 0.25) is 11.8 Å². The van der Waals surface area contributed by atoms with E-state index in [1.54, 1.807) is 62.6 Å². The summed E-state index contributed by atoms with van der Waals surface area (Å²) in [4.78, 5) is 29.2. The second-order valence-corrected chi connectivity index (χ2v) is 13.0. The van der Waals surface area contributed by atoms with Crippen LogP contribution in [0.2, 0.25) is 0 Å². The van der Waals surface area contributed by atoms with Crippen molar-refractivity contribution in [2.45, 2.75) is 76.4 Å². The Morgan fingerprint density at radius 3 is 2.27 bits per heavy atom. The number of nitrogens with zero attached hydrogens (tertiary/aromatic N) is 2. The molecule has 4 rings (SSSR count). The Hall–Kier alpha value is -4.05. The Kier molecular flexibility index (Phi) is 11.3. The van der Waals surface area contributed by atoms with Gasteiger partial charge in [-0.1, -0.05) is 49.1 Å². The fourth-order valence-corrected chi connectivity index (χ4v) is 6.77. The lowest BCUT2D eigenvalue weighted by atomic mass is 9.95. The summed E-state index contributed by atoms with van der Waals surface area (Å²) in [6.45, 7) is 5.49. The van der Waals surface area contributed by atoms with Crippen molar-refractivity contribution < 1.29 is 27.5 Å². The quantitative estimate of drug-likeness (QED) is 0.272. The highest BCUT2D eigenvalue weighted by Gasteiger charge is 2.33. The third-order valence-corrected chi connectivity index (χ3v) is 9.72. The molecule has 1 fully saturated rings. The van der Waals surface area contributed by atoms with Gasteiger partial charge in [0.05, 0.1) is 24.3 Å². The summed E-state index contributed by atoms with van der Waals surface area (Å²) in [5.41, 5.74) is 2.05. The monoisotopic (exact) mass is 621 g/mol. The Balaban J connectivity index is 1.67. The first kappa shape index (κ1) is 32.9. The minimum Gasteiger partial charge on any atom is -0.497 e. The van der Waals surface area contributed by atoms with Crippen molar-refractivity contribution in [2.24, 2.45) is 0 Å². The molecule has 3 aromatic rings. The number of methoxy groups -OCH3 is 1. The van der Waals surface area contributed by atoms with Crippen molar-refractivity contribution >= 4 is 27.5 Å². The molecule has 0 saturated heterocycles. The van der Waals surface area contributed by atoms with Crippen LogP contribution >= 0.6 is 0 Å². The highest BCUT2D eigenvalue weighted by molar-refractivity contribution is 7.92. The number of carbonyl (C=O) groups excluding carboxylic acids is 2. The predicted octanol–water partition coefficient (Wildman–Crippen LogP) is 5.46. The van der Waals surface area contributed by atoms with Gasteiger partial charge < -0.3 is 19.7 Å². The zero-order chi connectivity index (χ0) is 31.7. The van der Waals surface area contributed by atoms with E-state index in [1.807, 2.05) is 26.0 Å². The Labute approximate surface area is 261 Å². The van der Waals surface area contributed by atoms with Crippen LogP contribution in [0.15, 0.2) is 77.7 Å². The van der Waals surface area contributed by atoms with E-state index in [2.05, 4.69) is 5.32 Å². The van der Waals surface area contributed by atoms with Gasteiger partial charge in [-0.2, -0.15) is 0 Å². The number of aryl methyl sites for hydroxylation is 1. The van der Waals surface area contributed by atoms with E-state index in [9.17, 15) is 18.0 Å². The molecule has 1 N–H and O–H groups in total. The molecule has 0 radical (unpaired) electrons. The Bertz CT molecular complexity index is 1500. The number of amides is 2. The van der Waals surface area contributed by atoms with E-state index in [1.165, 1.54) is 17.0 Å². The van der Waals surface area contributed by atoms with Gasteiger partial charge >= 0.3 is 0 Å². The summed E-state index contributed by atoms with van der Waals surface area (Å²) in [6, 6.07) is 19.6. The van der Waals surface area contributed by atoms with Crippen molar-refractivity contribution in [3.05, 3.63) is 83.9 Å². The molecule has 1 atom stereocenters. The second kappa shape index (κ2) is 15.1. The SMILES string of the molecule is CCOc1ccc(S(=O)(=O)N(CC(=O)N(Cc2cccc(OC)c2)[C@@H](C)C(=O)NC2CCCCC2)c2ccc(C)cc2)cc1. The number of ether oxygens (including phenoxy) is 2. The maximum absolute atomic E-state index is 14.2. The third kappa shape index (κ3) is 8.31. The van der Waals surface area contributed by atoms with Crippen LogP contribution in [0.4, 0.5) is 5.69 Å². The maximum atomic E-state index is 14.2. The molecule has 44 heavy (non-hydrogen) atoms. The van der Waals surface area contributed by atoms with Gasteiger partial charge in [0.25, 0.3) is 10.0 Å². The van der Waals surface area contributed by atoms with Crippen LogP contribution in [-0.2, 0) is 26.2 Å². The van der Waals surface area contributed by atoms with E-state index < -0.39 is 28.5 Å². The molecule has 236 valence electrons. The minimum atomic E-state index is -4.17. The third-order valence-electron chi connectivity index (χ3n) is 7.93. The zero-order valence-corrected chi connectivity index (χ0v) is 26.8. The van der Waals surface area contributed by atoms with Crippen molar-refractivity contribution in [1.29, 1.82) is 0 Å². The molecule has 1 aliphatic rings. The van der Waals surface area contributed by atoms with Gasteiger partial charge in [-0.25, -0.2) is 8.42 Å². The summed E-state index contributed by atoms with van der Waals surface area (Å²) >= 11 is 0. The first-order valence-corrected chi connectivity index (χ1v) is 16.6.